The van der Waals surface area contributed by atoms with E-state index in [1.54, 1.807) is 23.1 Å². The summed E-state index contributed by atoms with van der Waals surface area (Å²) < 4.78 is 1.63. The Morgan fingerprint density at radius 1 is 1.13 bits per heavy atom. The van der Waals surface area contributed by atoms with Crippen molar-refractivity contribution in [1.29, 1.82) is 0 Å². The number of hydrogen-bond donors (Lipinski definition) is 2. The molecule has 2 N–H and O–H groups in total. The largest absolute Gasteiger partial charge is 0.481 e. The second-order valence-electron chi connectivity index (χ2n) is 5.29. The van der Waals surface area contributed by atoms with Crippen LogP contribution in [0.25, 0.3) is 0 Å². The van der Waals surface area contributed by atoms with Crippen LogP contribution in [0.4, 0.5) is 0 Å². The Morgan fingerprint density at radius 3 is 2.57 bits per heavy atom. The van der Waals surface area contributed by atoms with Crippen molar-refractivity contribution in [3.8, 4) is 0 Å². The normalized spacial score (nSPS) is 11.8. The molecule has 2 rings (SSSR count). The van der Waals surface area contributed by atoms with Crippen LogP contribution in [-0.2, 0) is 9.59 Å². The third-order valence-electron chi connectivity index (χ3n) is 3.52. The van der Waals surface area contributed by atoms with Crippen LogP contribution in [0.2, 0.25) is 0 Å². The van der Waals surface area contributed by atoms with E-state index in [2.05, 4.69) is 10.4 Å². The minimum absolute atomic E-state index is 0.113. The second kappa shape index (κ2) is 8.73. The van der Waals surface area contributed by atoms with Crippen molar-refractivity contribution < 1.29 is 14.7 Å². The van der Waals surface area contributed by atoms with Gasteiger partial charge in [0, 0.05) is 25.4 Å². The molecule has 0 saturated carbocycles. The number of aromatic nitrogens is 2. The lowest BCUT2D eigenvalue weighted by Crippen LogP contribution is -2.34. The smallest absolute Gasteiger partial charge is 0.303 e. The van der Waals surface area contributed by atoms with Gasteiger partial charge >= 0.3 is 5.97 Å². The molecule has 0 spiro atoms. The molecule has 1 amide bonds. The minimum Gasteiger partial charge on any atom is -0.481 e. The van der Waals surface area contributed by atoms with Crippen molar-refractivity contribution in [1.82, 2.24) is 15.1 Å². The fourth-order valence-corrected chi connectivity index (χ4v) is 2.38. The maximum atomic E-state index is 12.5. The molecule has 122 valence electrons. The second-order valence-corrected chi connectivity index (χ2v) is 5.29. The summed E-state index contributed by atoms with van der Waals surface area (Å²) in [5.74, 6) is -0.894. The first-order valence-electron chi connectivity index (χ1n) is 7.72. The van der Waals surface area contributed by atoms with Gasteiger partial charge in [-0.25, -0.2) is 0 Å². The van der Waals surface area contributed by atoms with Gasteiger partial charge in [-0.2, -0.15) is 5.10 Å². The summed E-state index contributed by atoms with van der Waals surface area (Å²) in [6, 6.07) is 10.8. The molecule has 1 heterocycles. The van der Waals surface area contributed by atoms with E-state index in [1.807, 2.05) is 30.3 Å². The van der Waals surface area contributed by atoms with Gasteiger partial charge in [-0.05, 0) is 24.5 Å². The number of rotatable bonds is 9. The van der Waals surface area contributed by atoms with Crippen LogP contribution in [0.3, 0.4) is 0 Å². The number of aliphatic carboxylic acids is 1. The third-order valence-corrected chi connectivity index (χ3v) is 3.52. The zero-order valence-corrected chi connectivity index (χ0v) is 12.9. The highest BCUT2D eigenvalue weighted by Gasteiger charge is 2.22. The van der Waals surface area contributed by atoms with E-state index in [0.29, 0.717) is 13.0 Å². The van der Waals surface area contributed by atoms with Crippen molar-refractivity contribution in [2.45, 2.75) is 31.7 Å². The number of unbranched alkanes of at least 4 members (excludes halogenated alkanes) is 2. The molecule has 0 aliphatic carbocycles. The predicted molar refractivity (Wildman–Crippen MR) is 85.9 cm³/mol. The molecule has 0 bridgehead atoms. The third kappa shape index (κ3) is 5.25. The molecule has 1 aromatic heterocycles. The van der Waals surface area contributed by atoms with Crippen molar-refractivity contribution >= 4 is 11.9 Å². The molecule has 6 heteroatoms. The van der Waals surface area contributed by atoms with Crippen LogP contribution in [-0.4, -0.2) is 33.3 Å². The molecule has 23 heavy (non-hydrogen) atoms. The summed E-state index contributed by atoms with van der Waals surface area (Å²) in [5.41, 5.74) is 0.875. The summed E-state index contributed by atoms with van der Waals surface area (Å²) >= 11 is 0. The Hall–Kier alpha value is -2.63. The summed E-state index contributed by atoms with van der Waals surface area (Å²) in [5, 5.41) is 15.7. The Kier molecular flexibility index (Phi) is 6.35. The van der Waals surface area contributed by atoms with E-state index in [9.17, 15) is 9.59 Å². The standard InChI is InChI=1S/C17H21N3O3/c21-15(22)10-5-2-6-11-18-17(23)16(20-13-7-12-19-20)14-8-3-1-4-9-14/h1,3-4,7-9,12-13,16H,2,5-6,10-11H2,(H,18,23)(H,21,22). The topological polar surface area (TPSA) is 84.2 Å². The first kappa shape index (κ1) is 16.7. The van der Waals surface area contributed by atoms with Gasteiger partial charge in [0.05, 0.1) is 0 Å². The SMILES string of the molecule is O=C(O)CCCCCNC(=O)C(c1ccccc1)n1cccn1. The molecule has 0 saturated heterocycles. The minimum atomic E-state index is -0.781. The number of nitrogens with one attached hydrogen (secondary N) is 1. The van der Waals surface area contributed by atoms with Gasteiger partial charge in [-0.15, -0.1) is 0 Å². The average Bonchev–Trinajstić information content (AvgIpc) is 3.06. The van der Waals surface area contributed by atoms with E-state index in [4.69, 9.17) is 5.11 Å². The number of nitrogens with zero attached hydrogens (tertiary/aromatic N) is 2. The monoisotopic (exact) mass is 315 g/mol. The quantitative estimate of drug-likeness (QED) is 0.695. The summed E-state index contributed by atoms with van der Waals surface area (Å²) in [6.07, 6.45) is 5.77. The van der Waals surface area contributed by atoms with Crippen molar-refractivity contribution in [2.24, 2.45) is 0 Å². The molecule has 2 aromatic rings. The van der Waals surface area contributed by atoms with E-state index in [0.717, 1.165) is 18.4 Å². The summed E-state index contributed by atoms with van der Waals surface area (Å²) in [4.78, 5) is 23.0. The van der Waals surface area contributed by atoms with Crippen LogP contribution < -0.4 is 5.32 Å². The highest BCUT2D eigenvalue weighted by atomic mass is 16.4. The Bertz CT molecular complexity index is 611. The molecule has 0 aliphatic heterocycles. The van der Waals surface area contributed by atoms with Gasteiger partial charge in [-0.1, -0.05) is 36.8 Å². The number of carbonyl (C=O) groups is 2. The molecule has 0 aliphatic rings. The Morgan fingerprint density at radius 2 is 1.91 bits per heavy atom. The molecule has 0 fully saturated rings. The van der Waals surface area contributed by atoms with Gasteiger partial charge in [0.2, 0.25) is 5.91 Å². The number of amides is 1. The van der Waals surface area contributed by atoms with E-state index >= 15 is 0 Å². The van der Waals surface area contributed by atoms with Crippen molar-refractivity contribution in [3.05, 3.63) is 54.4 Å². The number of carboxylic acid groups (broad SMARTS) is 1. The van der Waals surface area contributed by atoms with Gasteiger partial charge in [0.15, 0.2) is 6.04 Å². The molecule has 0 radical (unpaired) electrons. The molecular formula is C17H21N3O3. The number of carboxylic acids is 1. The molecule has 6 nitrogen and oxygen atoms in total. The van der Waals surface area contributed by atoms with E-state index in [-0.39, 0.29) is 12.3 Å². The van der Waals surface area contributed by atoms with Crippen LogP contribution >= 0.6 is 0 Å². The van der Waals surface area contributed by atoms with Crippen LogP contribution in [0, 0.1) is 0 Å². The van der Waals surface area contributed by atoms with Crippen molar-refractivity contribution in [3.63, 3.8) is 0 Å². The van der Waals surface area contributed by atoms with Crippen LogP contribution in [0.1, 0.15) is 37.3 Å². The average molecular weight is 315 g/mol. The van der Waals surface area contributed by atoms with E-state index in [1.165, 1.54) is 0 Å². The zero-order valence-electron chi connectivity index (χ0n) is 12.9. The maximum absolute atomic E-state index is 12.5. The number of hydrogen-bond acceptors (Lipinski definition) is 3. The lowest BCUT2D eigenvalue weighted by atomic mass is 10.1. The van der Waals surface area contributed by atoms with Gasteiger partial charge in [-0.3, -0.25) is 14.3 Å². The molecule has 1 unspecified atom stereocenters. The lowest BCUT2D eigenvalue weighted by molar-refractivity contribution is -0.137. The summed E-state index contributed by atoms with van der Waals surface area (Å²) in [7, 11) is 0. The van der Waals surface area contributed by atoms with Gasteiger partial charge in [0.1, 0.15) is 0 Å². The Balaban J connectivity index is 1.90. The maximum Gasteiger partial charge on any atom is 0.303 e. The van der Waals surface area contributed by atoms with Gasteiger partial charge < -0.3 is 10.4 Å². The highest BCUT2D eigenvalue weighted by Crippen LogP contribution is 2.17. The first-order chi connectivity index (χ1) is 11.2. The highest BCUT2D eigenvalue weighted by molar-refractivity contribution is 5.83. The molecular weight excluding hydrogens is 294 g/mol. The predicted octanol–water partition coefficient (Wildman–Crippen LogP) is 2.23. The molecule has 1 aromatic carbocycles. The Labute approximate surface area is 135 Å². The summed E-state index contributed by atoms with van der Waals surface area (Å²) in [6.45, 7) is 0.531. The number of benzene rings is 1. The fourth-order valence-electron chi connectivity index (χ4n) is 2.38. The van der Waals surface area contributed by atoms with Crippen molar-refractivity contribution in [2.75, 3.05) is 6.54 Å². The fraction of sp³-hybridized carbons (Fsp3) is 0.353. The first-order valence-corrected chi connectivity index (χ1v) is 7.72. The zero-order chi connectivity index (χ0) is 16.5. The van der Waals surface area contributed by atoms with Crippen LogP contribution in [0.5, 0.6) is 0 Å². The number of carbonyl (C=O) groups excluding carboxylic acids is 1. The molecule has 1 atom stereocenters. The van der Waals surface area contributed by atoms with E-state index < -0.39 is 12.0 Å². The lowest BCUT2D eigenvalue weighted by Gasteiger charge is -2.17. The van der Waals surface area contributed by atoms with Crippen LogP contribution in [0.15, 0.2) is 48.8 Å². The van der Waals surface area contributed by atoms with Gasteiger partial charge in [0.25, 0.3) is 0 Å².